The van der Waals surface area contributed by atoms with Crippen molar-refractivity contribution in [1.29, 1.82) is 0 Å². The van der Waals surface area contributed by atoms with Crippen LogP contribution in [0.3, 0.4) is 0 Å². The molecule has 0 amide bonds. The molecule has 0 aliphatic heterocycles. The first-order valence-electron chi connectivity index (χ1n) is 4.19. The minimum absolute atomic E-state index is 0.450. The third-order valence-corrected chi connectivity index (χ3v) is 2.33. The van der Waals surface area contributed by atoms with Gasteiger partial charge in [0, 0.05) is 0 Å². The van der Waals surface area contributed by atoms with Gasteiger partial charge in [-0.15, -0.1) is 0 Å². The highest BCUT2D eigenvalue weighted by molar-refractivity contribution is 7.92. The van der Waals surface area contributed by atoms with Crippen molar-refractivity contribution in [3.05, 3.63) is 29.3 Å². The van der Waals surface area contributed by atoms with Crippen LogP contribution in [0.4, 0.5) is 14.5 Å². The smallest absolute Gasteiger partial charge is 0.229 e. The van der Waals surface area contributed by atoms with Crippen LogP contribution in [0.15, 0.2) is 12.1 Å². The van der Waals surface area contributed by atoms with Crippen LogP contribution in [0.2, 0.25) is 0 Å². The Bertz CT molecular complexity index is 540. The molecule has 1 rings (SSSR count). The number of ketones is 1. The van der Waals surface area contributed by atoms with Crippen LogP contribution in [-0.2, 0) is 10.0 Å². The van der Waals surface area contributed by atoms with Gasteiger partial charge in [-0.2, -0.15) is 0 Å². The number of hydrogen-bond acceptors (Lipinski definition) is 3. The maximum atomic E-state index is 13.5. The Morgan fingerprint density at radius 3 is 2.31 bits per heavy atom. The number of halogens is 2. The van der Waals surface area contributed by atoms with Gasteiger partial charge in [0.05, 0.1) is 17.5 Å². The van der Waals surface area contributed by atoms with Crippen molar-refractivity contribution < 1.29 is 22.0 Å². The Labute approximate surface area is 91.3 Å². The number of carbonyl (C=O) groups is 1. The van der Waals surface area contributed by atoms with Crippen LogP contribution in [0.1, 0.15) is 17.3 Å². The Balaban J connectivity index is 3.35. The van der Waals surface area contributed by atoms with Gasteiger partial charge in [-0.1, -0.05) is 0 Å². The van der Waals surface area contributed by atoms with Crippen molar-refractivity contribution in [3.63, 3.8) is 0 Å². The minimum atomic E-state index is -3.68. The third kappa shape index (κ3) is 2.75. The Morgan fingerprint density at radius 2 is 1.88 bits per heavy atom. The van der Waals surface area contributed by atoms with E-state index in [-0.39, 0.29) is 0 Å². The van der Waals surface area contributed by atoms with E-state index in [0.29, 0.717) is 0 Å². The standard InChI is InChI=1S/C9H9F2NO3S/c1-5(13)8-6(10)3-4-7(9(8)11)12-16(2,14)15/h3-4,12H,1-2H3. The second-order valence-corrected chi connectivity index (χ2v) is 4.96. The number of carbonyl (C=O) groups excluding carboxylic acids is 1. The van der Waals surface area contributed by atoms with E-state index >= 15 is 0 Å². The van der Waals surface area contributed by atoms with E-state index in [1.807, 2.05) is 4.72 Å². The molecule has 1 aromatic rings. The highest BCUT2D eigenvalue weighted by Crippen LogP contribution is 2.22. The molecule has 0 aliphatic carbocycles. The van der Waals surface area contributed by atoms with Crippen molar-refractivity contribution in [2.24, 2.45) is 0 Å². The number of rotatable bonds is 3. The number of sulfonamides is 1. The van der Waals surface area contributed by atoms with Crippen molar-refractivity contribution in [2.45, 2.75) is 6.92 Å². The van der Waals surface area contributed by atoms with Gasteiger partial charge in [0.2, 0.25) is 10.0 Å². The second kappa shape index (κ2) is 4.17. The zero-order valence-electron chi connectivity index (χ0n) is 8.54. The first kappa shape index (κ1) is 12.6. The van der Waals surface area contributed by atoms with E-state index in [0.717, 1.165) is 25.3 Å². The summed E-state index contributed by atoms with van der Waals surface area (Å²) >= 11 is 0. The predicted octanol–water partition coefficient (Wildman–Crippen LogP) is 1.54. The molecule has 0 saturated heterocycles. The van der Waals surface area contributed by atoms with E-state index in [1.165, 1.54) is 0 Å². The fourth-order valence-corrected chi connectivity index (χ4v) is 1.71. The van der Waals surface area contributed by atoms with Crippen LogP contribution in [0, 0.1) is 11.6 Å². The van der Waals surface area contributed by atoms with Crippen molar-refractivity contribution in [3.8, 4) is 0 Å². The number of nitrogens with one attached hydrogen (secondary N) is 1. The summed E-state index contributed by atoms with van der Waals surface area (Å²) in [5.41, 5.74) is -1.21. The van der Waals surface area contributed by atoms with Gasteiger partial charge in [0.25, 0.3) is 0 Å². The van der Waals surface area contributed by atoms with Crippen molar-refractivity contribution >= 4 is 21.5 Å². The van der Waals surface area contributed by atoms with Crippen LogP contribution in [-0.4, -0.2) is 20.5 Å². The molecule has 0 fully saturated rings. The van der Waals surface area contributed by atoms with Gasteiger partial charge in [-0.3, -0.25) is 9.52 Å². The maximum absolute atomic E-state index is 13.5. The molecule has 0 spiro atoms. The highest BCUT2D eigenvalue weighted by Gasteiger charge is 2.18. The Kier molecular flexibility index (Phi) is 3.27. The Morgan fingerprint density at radius 1 is 1.31 bits per heavy atom. The number of benzene rings is 1. The first-order chi connectivity index (χ1) is 7.22. The molecule has 0 saturated carbocycles. The molecule has 0 unspecified atom stereocenters. The van der Waals surface area contributed by atoms with E-state index in [2.05, 4.69) is 0 Å². The lowest BCUT2D eigenvalue weighted by Gasteiger charge is -2.08. The Hall–Kier alpha value is -1.50. The van der Waals surface area contributed by atoms with Crippen LogP contribution in [0.5, 0.6) is 0 Å². The monoisotopic (exact) mass is 249 g/mol. The molecule has 0 radical (unpaired) electrons. The summed E-state index contributed by atoms with van der Waals surface area (Å²) < 4.78 is 50.2. The molecule has 0 aliphatic rings. The lowest BCUT2D eigenvalue weighted by Crippen LogP contribution is -2.13. The lowest BCUT2D eigenvalue weighted by atomic mass is 10.1. The summed E-state index contributed by atoms with van der Waals surface area (Å²) in [5.74, 6) is -3.05. The fraction of sp³-hybridized carbons (Fsp3) is 0.222. The highest BCUT2D eigenvalue weighted by atomic mass is 32.2. The lowest BCUT2D eigenvalue weighted by molar-refractivity contribution is 0.101. The van der Waals surface area contributed by atoms with Gasteiger partial charge in [0.15, 0.2) is 11.6 Å². The van der Waals surface area contributed by atoms with Crippen LogP contribution in [0.25, 0.3) is 0 Å². The number of Topliss-reactive ketones (excluding diaryl/α,β-unsaturated/α-hetero) is 1. The van der Waals surface area contributed by atoms with Gasteiger partial charge in [-0.05, 0) is 19.1 Å². The summed E-state index contributed by atoms with van der Waals surface area (Å²) in [6.07, 6.45) is 0.823. The predicted molar refractivity (Wildman–Crippen MR) is 54.8 cm³/mol. The molecule has 0 aromatic heterocycles. The van der Waals surface area contributed by atoms with Crippen LogP contribution >= 0.6 is 0 Å². The van der Waals surface area contributed by atoms with Gasteiger partial charge < -0.3 is 0 Å². The molecule has 88 valence electrons. The molecular weight excluding hydrogens is 240 g/mol. The molecule has 7 heteroatoms. The van der Waals surface area contributed by atoms with E-state index in [4.69, 9.17) is 0 Å². The maximum Gasteiger partial charge on any atom is 0.229 e. The zero-order valence-corrected chi connectivity index (χ0v) is 9.36. The molecule has 1 aromatic carbocycles. The zero-order chi connectivity index (χ0) is 12.5. The second-order valence-electron chi connectivity index (χ2n) is 3.21. The summed E-state index contributed by atoms with van der Waals surface area (Å²) in [7, 11) is -3.68. The summed E-state index contributed by atoms with van der Waals surface area (Å²) in [5, 5.41) is 0. The number of anilines is 1. The molecule has 0 heterocycles. The van der Waals surface area contributed by atoms with Crippen LogP contribution < -0.4 is 4.72 Å². The molecule has 16 heavy (non-hydrogen) atoms. The van der Waals surface area contributed by atoms with E-state index in [9.17, 15) is 22.0 Å². The van der Waals surface area contributed by atoms with Gasteiger partial charge in [0.1, 0.15) is 5.82 Å². The summed E-state index contributed by atoms with van der Waals surface area (Å²) in [6, 6.07) is 1.74. The minimum Gasteiger partial charge on any atom is -0.294 e. The van der Waals surface area contributed by atoms with E-state index in [1.54, 1.807) is 0 Å². The molecule has 1 N–H and O–H groups in total. The molecular formula is C9H9F2NO3S. The van der Waals surface area contributed by atoms with E-state index < -0.39 is 38.7 Å². The SMILES string of the molecule is CC(=O)c1c(F)ccc(NS(C)(=O)=O)c1F. The largest absolute Gasteiger partial charge is 0.294 e. The summed E-state index contributed by atoms with van der Waals surface area (Å²) in [6.45, 7) is 0.992. The third-order valence-electron chi connectivity index (χ3n) is 1.74. The molecule has 0 bridgehead atoms. The van der Waals surface area contributed by atoms with Crippen molar-refractivity contribution in [2.75, 3.05) is 11.0 Å². The van der Waals surface area contributed by atoms with Gasteiger partial charge >= 0.3 is 0 Å². The topological polar surface area (TPSA) is 63.2 Å². The molecule has 4 nitrogen and oxygen atoms in total. The van der Waals surface area contributed by atoms with Gasteiger partial charge in [-0.25, -0.2) is 17.2 Å². The number of hydrogen-bond donors (Lipinski definition) is 1. The average molecular weight is 249 g/mol. The van der Waals surface area contributed by atoms with Crippen molar-refractivity contribution in [1.82, 2.24) is 0 Å². The molecule has 0 atom stereocenters. The first-order valence-corrected chi connectivity index (χ1v) is 6.08. The average Bonchev–Trinajstić information content (AvgIpc) is 2.07. The quantitative estimate of drug-likeness (QED) is 0.826. The summed E-state index contributed by atoms with van der Waals surface area (Å²) in [4.78, 5) is 10.9. The normalized spacial score (nSPS) is 11.2. The fourth-order valence-electron chi connectivity index (χ4n) is 1.15.